The fraction of sp³-hybridized carbons (Fsp3) is 0.429. The Kier molecular flexibility index (Phi) is 4.57. The number of methoxy groups -OCH3 is 1. The lowest BCUT2D eigenvalue weighted by Gasteiger charge is -2.33. The van der Waals surface area contributed by atoms with Gasteiger partial charge in [-0.05, 0) is 18.2 Å². The van der Waals surface area contributed by atoms with E-state index in [2.05, 4.69) is 0 Å². The van der Waals surface area contributed by atoms with Crippen molar-refractivity contribution in [2.45, 2.75) is 0 Å². The van der Waals surface area contributed by atoms with Crippen LogP contribution in [0.4, 0.5) is 5.69 Å². The third kappa shape index (κ3) is 3.08. The van der Waals surface area contributed by atoms with Crippen molar-refractivity contribution in [3.05, 3.63) is 23.8 Å². The van der Waals surface area contributed by atoms with Gasteiger partial charge in [-0.1, -0.05) is 0 Å². The summed E-state index contributed by atoms with van der Waals surface area (Å²) >= 11 is 0. The van der Waals surface area contributed by atoms with E-state index in [4.69, 9.17) is 10.5 Å². The van der Waals surface area contributed by atoms with Crippen LogP contribution >= 0.6 is 0 Å². The van der Waals surface area contributed by atoms with E-state index in [9.17, 15) is 9.59 Å². The molecule has 1 aliphatic rings. The van der Waals surface area contributed by atoms with Gasteiger partial charge in [0.15, 0.2) is 0 Å². The van der Waals surface area contributed by atoms with Gasteiger partial charge in [0.05, 0.1) is 19.3 Å². The summed E-state index contributed by atoms with van der Waals surface area (Å²) in [6, 6.07) is 5.04. The number of piperazine rings is 1. The zero-order valence-electron chi connectivity index (χ0n) is 11.5. The molecule has 0 atom stereocenters. The molecule has 2 N–H and O–H groups in total. The molecule has 1 heterocycles. The molecule has 1 amide bonds. The first-order valence-electron chi connectivity index (χ1n) is 6.54. The van der Waals surface area contributed by atoms with Gasteiger partial charge in [0.25, 0.3) is 5.91 Å². The minimum absolute atomic E-state index is 0.0333. The molecule has 1 fully saturated rings. The highest BCUT2D eigenvalue weighted by atomic mass is 16.5. The van der Waals surface area contributed by atoms with E-state index in [1.54, 1.807) is 23.1 Å². The van der Waals surface area contributed by atoms with Crippen LogP contribution in [-0.4, -0.2) is 61.8 Å². The number of hydrogen-bond donors (Lipinski definition) is 1. The van der Waals surface area contributed by atoms with E-state index in [1.165, 1.54) is 7.11 Å². The highest BCUT2D eigenvalue weighted by Gasteiger charge is 2.22. The average molecular weight is 277 g/mol. The van der Waals surface area contributed by atoms with Crippen LogP contribution < -0.4 is 10.5 Å². The third-order valence-corrected chi connectivity index (χ3v) is 3.47. The van der Waals surface area contributed by atoms with E-state index < -0.39 is 0 Å². The van der Waals surface area contributed by atoms with Gasteiger partial charge in [0.1, 0.15) is 12.0 Å². The van der Waals surface area contributed by atoms with Crippen molar-refractivity contribution in [3.8, 4) is 5.75 Å². The molecule has 0 radical (unpaired) electrons. The average Bonchev–Trinajstić information content (AvgIpc) is 2.48. The molecule has 0 spiro atoms. The Hall–Kier alpha value is -2.08. The van der Waals surface area contributed by atoms with Gasteiger partial charge in [-0.2, -0.15) is 0 Å². The van der Waals surface area contributed by atoms with Crippen molar-refractivity contribution in [2.75, 3.05) is 45.6 Å². The van der Waals surface area contributed by atoms with Crippen LogP contribution in [0.2, 0.25) is 0 Å². The number of ether oxygens (including phenoxy) is 1. The number of nitrogen functional groups attached to an aromatic ring is 1. The Morgan fingerprint density at radius 2 is 2.05 bits per heavy atom. The van der Waals surface area contributed by atoms with Crippen molar-refractivity contribution < 1.29 is 14.3 Å². The molecule has 1 saturated heterocycles. The molecular formula is C14H19N3O3. The molecule has 0 aromatic heterocycles. The number of aldehydes is 1. The zero-order valence-corrected chi connectivity index (χ0v) is 11.5. The van der Waals surface area contributed by atoms with Crippen molar-refractivity contribution in [3.63, 3.8) is 0 Å². The lowest BCUT2D eigenvalue weighted by atomic mass is 10.1. The lowest BCUT2D eigenvalue weighted by molar-refractivity contribution is -0.109. The number of rotatable bonds is 4. The fourth-order valence-electron chi connectivity index (χ4n) is 2.27. The topological polar surface area (TPSA) is 75.9 Å². The normalized spacial score (nSPS) is 15.9. The van der Waals surface area contributed by atoms with Crippen LogP contribution in [0.15, 0.2) is 18.2 Å². The summed E-state index contributed by atoms with van der Waals surface area (Å²) in [4.78, 5) is 26.7. The molecule has 20 heavy (non-hydrogen) atoms. The van der Waals surface area contributed by atoms with Crippen LogP contribution in [0, 0.1) is 0 Å². The van der Waals surface area contributed by atoms with Gasteiger partial charge in [0, 0.05) is 31.7 Å². The van der Waals surface area contributed by atoms with E-state index >= 15 is 0 Å². The number of nitrogens with two attached hydrogens (primary N) is 1. The molecule has 1 aromatic carbocycles. The second-order valence-electron chi connectivity index (χ2n) is 4.72. The van der Waals surface area contributed by atoms with E-state index in [-0.39, 0.29) is 5.91 Å². The van der Waals surface area contributed by atoms with Gasteiger partial charge in [-0.3, -0.25) is 9.69 Å². The van der Waals surface area contributed by atoms with Crippen molar-refractivity contribution in [2.24, 2.45) is 0 Å². The third-order valence-electron chi connectivity index (χ3n) is 3.47. The van der Waals surface area contributed by atoms with Gasteiger partial charge in [-0.25, -0.2) is 0 Å². The summed E-state index contributed by atoms with van der Waals surface area (Å²) in [5.41, 5.74) is 6.82. The maximum absolute atomic E-state index is 12.4. The predicted octanol–water partition coefficient (Wildman–Crippen LogP) is 0.234. The Labute approximate surface area is 118 Å². The van der Waals surface area contributed by atoms with Crippen LogP contribution in [-0.2, 0) is 4.79 Å². The molecule has 6 nitrogen and oxygen atoms in total. The quantitative estimate of drug-likeness (QED) is 0.630. The Bertz CT molecular complexity index is 496. The Morgan fingerprint density at radius 3 is 2.65 bits per heavy atom. The van der Waals surface area contributed by atoms with Crippen molar-refractivity contribution >= 4 is 17.9 Å². The first-order chi connectivity index (χ1) is 9.65. The van der Waals surface area contributed by atoms with Crippen LogP contribution in [0.1, 0.15) is 10.4 Å². The van der Waals surface area contributed by atoms with Gasteiger partial charge >= 0.3 is 0 Å². The van der Waals surface area contributed by atoms with E-state index in [0.29, 0.717) is 36.6 Å². The summed E-state index contributed by atoms with van der Waals surface area (Å²) in [6.07, 6.45) is 0.891. The van der Waals surface area contributed by atoms with E-state index in [1.807, 2.05) is 4.90 Å². The fourth-order valence-corrected chi connectivity index (χ4v) is 2.27. The molecule has 0 saturated carbocycles. The van der Waals surface area contributed by atoms with Gasteiger partial charge in [-0.15, -0.1) is 0 Å². The van der Waals surface area contributed by atoms with Crippen LogP contribution in [0.3, 0.4) is 0 Å². The first-order valence-corrected chi connectivity index (χ1v) is 6.54. The number of carbonyl (C=O) groups is 2. The molecule has 0 bridgehead atoms. The SMILES string of the molecule is COc1cc(C(=O)N2CCN(CC=O)CC2)ccc1N. The molecule has 1 aromatic rings. The van der Waals surface area contributed by atoms with Gasteiger partial charge in [0.2, 0.25) is 0 Å². The van der Waals surface area contributed by atoms with Gasteiger partial charge < -0.3 is 20.2 Å². The number of anilines is 1. The molecule has 0 unspecified atom stereocenters. The monoisotopic (exact) mass is 277 g/mol. The first kappa shape index (κ1) is 14.3. The molecule has 0 aliphatic carbocycles. The molecule has 1 aliphatic heterocycles. The minimum Gasteiger partial charge on any atom is -0.495 e. The second kappa shape index (κ2) is 6.38. The zero-order chi connectivity index (χ0) is 14.5. The lowest BCUT2D eigenvalue weighted by Crippen LogP contribution is -2.49. The largest absolute Gasteiger partial charge is 0.495 e. The van der Waals surface area contributed by atoms with Crippen LogP contribution in [0.25, 0.3) is 0 Å². The number of amides is 1. The summed E-state index contributed by atoms with van der Waals surface area (Å²) < 4.78 is 5.13. The highest BCUT2D eigenvalue weighted by molar-refractivity contribution is 5.95. The minimum atomic E-state index is -0.0333. The maximum atomic E-state index is 12.4. The standard InChI is InChI=1S/C14H19N3O3/c1-20-13-10-11(2-3-12(13)15)14(19)17-6-4-16(5-7-17)8-9-18/h2-3,9-10H,4-8,15H2,1H3. The van der Waals surface area contributed by atoms with Crippen LogP contribution in [0.5, 0.6) is 5.75 Å². The highest BCUT2D eigenvalue weighted by Crippen LogP contribution is 2.23. The smallest absolute Gasteiger partial charge is 0.254 e. The summed E-state index contributed by atoms with van der Waals surface area (Å²) in [6.45, 7) is 3.11. The Balaban J connectivity index is 2.03. The van der Waals surface area contributed by atoms with Crippen molar-refractivity contribution in [1.82, 2.24) is 9.80 Å². The molecule has 108 valence electrons. The molecule has 6 heteroatoms. The summed E-state index contributed by atoms with van der Waals surface area (Å²) in [5.74, 6) is 0.476. The number of carbonyl (C=O) groups excluding carboxylic acids is 2. The Morgan fingerprint density at radius 1 is 1.35 bits per heavy atom. The molecular weight excluding hydrogens is 258 g/mol. The maximum Gasteiger partial charge on any atom is 0.254 e. The summed E-state index contributed by atoms with van der Waals surface area (Å²) in [7, 11) is 1.53. The number of nitrogens with zero attached hydrogens (tertiary/aromatic N) is 2. The molecule has 2 rings (SSSR count). The number of hydrogen-bond acceptors (Lipinski definition) is 5. The van der Waals surface area contributed by atoms with E-state index in [0.717, 1.165) is 19.4 Å². The predicted molar refractivity (Wildman–Crippen MR) is 75.8 cm³/mol. The number of benzene rings is 1. The summed E-state index contributed by atoms with van der Waals surface area (Å²) in [5, 5.41) is 0. The second-order valence-corrected chi connectivity index (χ2v) is 4.72. The van der Waals surface area contributed by atoms with Crippen molar-refractivity contribution in [1.29, 1.82) is 0 Å².